The molecule has 3 heterocycles. The fourth-order valence-electron chi connectivity index (χ4n) is 3.43. The maximum absolute atomic E-state index is 12.2. The summed E-state index contributed by atoms with van der Waals surface area (Å²) in [5.74, 6) is 1.84. The first-order valence-electron chi connectivity index (χ1n) is 8.90. The van der Waals surface area contributed by atoms with Crippen LogP contribution in [0.25, 0.3) is 0 Å². The van der Waals surface area contributed by atoms with E-state index in [0.29, 0.717) is 18.3 Å². The van der Waals surface area contributed by atoms with E-state index >= 15 is 0 Å². The first-order chi connectivity index (χ1) is 12.2. The summed E-state index contributed by atoms with van der Waals surface area (Å²) in [6.45, 7) is 4.79. The minimum atomic E-state index is 0.0635. The van der Waals surface area contributed by atoms with Crippen molar-refractivity contribution in [1.82, 2.24) is 24.9 Å². The van der Waals surface area contributed by atoms with Crippen LogP contribution in [0.5, 0.6) is 0 Å². The van der Waals surface area contributed by atoms with Gasteiger partial charge in [0.15, 0.2) is 5.82 Å². The monoisotopic (exact) mass is 341 g/mol. The molecule has 2 aromatic heterocycles. The zero-order valence-corrected chi connectivity index (χ0v) is 14.5. The second-order valence-corrected chi connectivity index (χ2v) is 7.00. The zero-order chi connectivity index (χ0) is 17.2. The highest BCUT2D eigenvalue weighted by molar-refractivity contribution is 5.73. The normalized spacial score (nSPS) is 20.8. The number of rotatable bonds is 6. The molecule has 2 aliphatic rings. The van der Waals surface area contributed by atoms with Gasteiger partial charge in [-0.25, -0.2) is 0 Å². The van der Waals surface area contributed by atoms with Crippen LogP contribution in [0.4, 0.5) is 0 Å². The third-order valence-corrected chi connectivity index (χ3v) is 4.97. The van der Waals surface area contributed by atoms with Crippen LogP contribution in [0.15, 0.2) is 29.0 Å². The smallest absolute Gasteiger partial charge is 0.229 e. The van der Waals surface area contributed by atoms with Crippen molar-refractivity contribution in [2.24, 2.45) is 0 Å². The summed E-state index contributed by atoms with van der Waals surface area (Å²) in [6.07, 6.45) is 6.87. The van der Waals surface area contributed by atoms with Crippen molar-refractivity contribution in [3.63, 3.8) is 0 Å². The summed E-state index contributed by atoms with van der Waals surface area (Å²) < 4.78 is 5.32. The van der Waals surface area contributed by atoms with E-state index in [-0.39, 0.29) is 11.9 Å². The minimum absolute atomic E-state index is 0.0635. The van der Waals surface area contributed by atoms with E-state index in [1.807, 2.05) is 29.4 Å². The van der Waals surface area contributed by atoms with E-state index in [1.165, 1.54) is 5.56 Å². The lowest BCUT2D eigenvalue weighted by molar-refractivity contribution is -0.131. The lowest BCUT2D eigenvalue weighted by Gasteiger charge is -2.27. The maximum atomic E-state index is 12.2. The number of pyridine rings is 1. The summed E-state index contributed by atoms with van der Waals surface area (Å²) >= 11 is 0. The molecule has 1 saturated carbocycles. The van der Waals surface area contributed by atoms with Crippen molar-refractivity contribution in [3.8, 4) is 0 Å². The number of nitrogens with zero attached hydrogens (tertiary/aromatic N) is 5. The molecule has 1 saturated heterocycles. The van der Waals surface area contributed by atoms with Gasteiger partial charge in [0, 0.05) is 50.9 Å². The van der Waals surface area contributed by atoms with Gasteiger partial charge in [-0.2, -0.15) is 4.98 Å². The van der Waals surface area contributed by atoms with E-state index < -0.39 is 0 Å². The SMILES string of the molecule is CC(=O)N(Cc1noc(C2CC2)n1)[C@H]1CCN(Cc2ccncc2)C1. The van der Waals surface area contributed by atoms with E-state index in [1.54, 1.807) is 6.92 Å². The number of hydrogen-bond acceptors (Lipinski definition) is 6. The molecule has 0 unspecified atom stereocenters. The lowest BCUT2D eigenvalue weighted by Crippen LogP contribution is -2.40. The molecular weight excluding hydrogens is 318 g/mol. The number of amides is 1. The molecule has 0 N–H and O–H groups in total. The zero-order valence-electron chi connectivity index (χ0n) is 14.5. The molecule has 0 radical (unpaired) electrons. The molecule has 1 aliphatic heterocycles. The van der Waals surface area contributed by atoms with Crippen LogP contribution in [0.2, 0.25) is 0 Å². The highest BCUT2D eigenvalue weighted by atomic mass is 16.5. The quantitative estimate of drug-likeness (QED) is 0.799. The number of carbonyl (C=O) groups is 1. The van der Waals surface area contributed by atoms with Gasteiger partial charge in [0.2, 0.25) is 11.8 Å². The molecule has 7 nitrogen and oxygen atoms in total. The van der Waals surface area contributed by atoms with Gasteiger partial charge in [0.05, 0.1) is 6.54 Å². The van der Waals surface area contributed by atoms with Crippen LogP contribution < -0.4 is 0 Å². The third kappa shape index (κ3) is 3.87. The maximum Gasteiger partial charge on any atom is 0.229 e. The van der Waals surface area contributed by atoms with Crippen LogP contribution in [0.1, 0.15) is 49.4 Å². The van der Waals surface area contributed by atoms with Gasteiger partial charge in [0.25, 0.3) is 0 Å². The highest BCUT2D eigenvalue weighted by Crippen LogP contribution is 2.38. The van der Waals surface area contributed by atoms with Gasteiger partial charge in [-0.3, -0.25) is 14.7 Å². The Morgan fingerprint density at radius 1 is 1.32 bits per heavy atom. The molecule has 7 heteroatoms. The largest absolute Gasteiger partial charge is 0.339 e. The van der Waals surface area contributed by atoms with Crippen molar-refractivity contribution in [2.45, 2.75) is 51.2 Å². The Labute approximate surface area is 147 Å². The van der Waals surface area contributed by atoms with Gasteiger partial charge in [-0.15, -0.1) is 0 Å². The first-order valence-corrected chi connectivity index (χ1v) is 8.90. The van der Waals surface area contributed by atoms with E-state index in [9.17, 15) is 4.79 Å². The van der Waals surface area contributed by atoms with E-state index in [4.69, 9.17) is 4.52 Å². The summed E-state index contributed by atoms with van der Waals surface area (Å²) in [6, 6.07) is 4.27. The van der Waals surface area contributed by atoms with E-state index in [0.717, 1.165) is 44.8 Å². The topological polar surface area (TPSA) is 75.4 Å². The van der Waals surface area contributed by atoms with Crippen molar-refractivity contribution in [1.29, 1.82) is 0 Å². The molecule has 0 aromatic carbocycles. The predicted octanol–water partition coefficient (Wildman–Crippen LogP) is 1.97. The van der Waals surface area contributed by atoms with Crippen LogP contribution >= 0.6 is 0 Å². The lowest BCUT2D eigenvalue weighted by atomic mass is 10.2. The second kappa shape index (κ2) is 6.92. The van der Waals surface area contributed by atoms with Crippen molar-refractivity contribution in [3.05, 3.63) is 41.8 Å². The molecule has 4 rings (SSSR count). The Bertz CT molecular complexity index is 728. The Balaban J connectivity index is 1.38. The van der Waals surface area contributed by atoms with Crippen LogP contribution in [-0.2, 0) is 17.9 Å². The van der Waals surface area contributed by atoms with Crippen molar-refractivity contribution < 1.29 is 9.32 Å². The van der Waals surface area contributed by atoms with Gasteiger partial charge in [-0.05, 0) is 37.0 Å². The second-order valence-electron chi connectivity index (χ2n) is 7.00. The predicted molar refractivity (Wildman–Crippen MR) is 90.4 cm³/mol. The molecule has 2 fully saturated rings. The summed E-state index contributed by atoms with van der Waals surface area (Å²) in [5, 5.41) is 4.06. The number of carbonyl (C=O) groups excluding carboxylic acids is 1. The molecule has 0 spiro atoms. The standard InChI is InChI=1S/C18H23N5O2/c1-13(24)23(12-17-20-18(25-21-17)15-2-3-15)16-6-9-22(11-16)10-14-4-7-19-8-5-14/h4-5,7-8,15-16H,2-3,6,9-12H2,1H3/t16-/m0/s1. The minimum Gasteiger partial charge on any atom is -0.339 e. The van der Waals surface area contributed by atoms with Crippen LogP contribution in [0, 0.1) is 0 Å². The molecular formula is C18H23N5O2. The Hall–Kier alpha value is -2.28. The molecule has 132 valence electrons. The third-order valence-electron chi connectivity index (χ3n) is 4.97. The average molecular weight is 341 g/mol. The van der Waals surface area contributed by atoms with Crippen molar-refractivity contribution in [2.75, 3.05) is 13.1 Å². The Kier molecular flexibility index (Phi) is 4.48. The van der Waals surface area contributed by atoms with Gasteiger partial charge in [0.1, 0.15) is 0 Å². The summed E-state index contributed by atoms with van der Waals surface area (Å²) in [5.41, 5.74) is 1.25. The fraction of sp³-hybridized carbons (Fsp3) is 0.556. The van der Waals surface area contributed by atoms with Gasteiger partial charge >= 0.3 is 0 Å². The Morgan fingerprint density at radius 2 is 2.12 bits per heavy atom. The molecule has 1 atom stereocenters. The number of hydrogen-bond donors (Lipinski definition) is 0. The highest BCUT2D eigenvalue weighted by Gasteiger charge is 2.32. The molecule has 25 heavy (non-hydrogen) atoms. The summed E-state index contributed by atoms with van der Waals surface area (Å²) in [4.78, 5) is 24.9. The van der Waals surface area contributed by atoms with E-state index in [2.05, 4.69) is 20.0 Å². The fourth-order valence-corrected chi connectivity index (χ4v) is 3.43. The first kappa shape index (κ1) is 16.2. The van der Waals surface area contributed by atoms with Crippen LogP contribution in [-0.4, -0.2) is 50.0 Å². The van der Waals surface area contributed by atoms with Crippen LogP contribution in [0.3, 0.4) is 0 Å². The Morgan fingerprint density at radius 3 is 2.84 bits per heavy atom. The molecule has 0 bridgehead atoms. The van der Waals surface area contributed by atoms with Gasteiger partial charge < -0.3 is 9.42 Å². The van der Waals surface area contributed by atoms with Crippen molar-refractivity contribution >= 4 is 5.91 Å². The molecule has 1 amide bonds. The molecule has 1 aliphatic carbocycles. The molecule has 2 aromatic rings. The van der Waals surface area contributed by atoms with Gasteiger partial charge in [-0.1, -0.05) is 5.16 Å². The average Bonchev–Trinajstić information content (AvgIpc) is 3.18. The summed E-state index contributed by atoms with van der Waals surface area (Å²) in [7, 11) is 0. The number of likely N-dealkylation sites (tertiary alicyclic amines) is 1. The number of aromatic nitrogens is 3.